The zero-order valence-electron chi connectivity index (χ0n) is 12.4. The maximum atomic E-state index is 12.8. The van der Waals surface area contributed by atoms with E-state index in [0.29, 0.717) is 19.6 Å². The van der Waals surface area contributed by atoms with E-state index in [2.05, 4.69) is 5.32 Å². The van der Waals surface area contributed by atoms with Crippen molar-refractivity contribution in [2.45, 2.75) is 19.4 Å². The molecule has 0 aliphatic carbocycles. The molecule has 1 fully saturated rings. The third-order valence-electron chi connectivity index (χ3n) is 3.67. The number of methoxy groups -OCH3 is 1. The van der Waals surface area contributed by atoms with Crippen molar-refractivity contribution in [1.82, 2.24) is 10.2 Å². The minimum Gasteiger partial charge on any atom is -0.490 e. The fraction of sp³-hybridized carbons (Fsp3) is 0.500. The molecule has 0 atom stereocenters. The van der Waals surface area contributed by atoms with Crippen molar-refractivity contribution >= 4 is 11.6 Å². The standard InChI is InChI=1S/C14H19N3O4/c1-14(2)9-15-7-8-16(14)13(18)10-5-4-6-11(17(19)20)12(10)21-3/h4-6,15H,7-9H2,1-3H3. The molecule has 0 saturated carbocycles. The molecule has 0 radical (unpaired) electrons. The van der Waals surface area contributed by atoms with E-state index in [4.69, 9.17) is 4.74 Å². The monoisotopic (exact) mass is 293 g/mol. The molecule has 1 saturated heterocycles. The Bertz CT molecular complexity index is 571. The van der Waals surface area contributed by atoms with Gasteiger partial charge in [-0.2, -0.15) is 0 Å². The van der Waals surface area contributed by atoms with Gasteiger partial charge in [-0.15, -0.1) is 0 Å². The summed E-state index contributed by atoms with van der Waals surface area (Å²) in [4.78, 5) is 25.0. The van der Waals surface area contributed by atoms with Gasteiger partial charge in [0.05, 0.1) is 23.1 Å². The van der Waals surface area contributed by atoms with Gasteiger partial charge in [-0.3, -0.25) is 14.9 Å². The van der Waals surface area contributed by atoms with E-state index >= 15 is 0 Å². The Morgan fingerprint density at radius 3 is 2.76 bits per heavy atom. The molecule has 0 spiro atoms. The maximum Gasteiger partial charge on any atom is 0.311 e. The molecule has 1 heterocycles. The van der Waals surface area contributed by atoms with Crippen LogP contribution in [0.15, 0.2) is 18.2 Å². The number of para-hydroxylation sites is 1. The zero-order valence-corrected chi connectivity index (χ0v) is 12.4. The average molecular weight is 293 g/mol. The molecule has 0 unspecified atom stereocenters. The highest BCUT2D eigenvalue weighted by atomic mass is 16.6. The van der Waals surface area contributed by atoms with Crippen molar-refractivity contribution in [3.8, 4) is 5.75 Å². The molecule has 1 amide bonds. The maximum absolute atomic E-state index is 12.8. The van der Waals surface area contributed by atoms with Crippen LogP contribution in [0, 0.1) is 10.1 Å². The van der Waals surface area contributed by atoms with Crippen molar-refractivity contribution in [2.24, 2.45) is 0 Å². The summed E-state index contributed by atoms with van der Waals surface area (Å²) in [7, 11) is 1.34. The molecule has 1 aromatic rings. The van der Waals surface area contributed by atoms with Crippen LogP contribution in [0.4, 0.5) is 5.69 Å². The Morgan fingerprint density at radius 2 is 2.19 bits per heavy atom. The van der Waals surface area contributed by atoms with Crippen LogP contribution < -0.4 is 10.1 Å². The molecular weight excluding hydrogens is 274 g/mol. The molecule has 1 N–H and O–H groups in total. The third kappa shape index (κ3) is 2.82. The first-order valence-electron chi connectivity index (χ1n) is 6.72. The van der Waals surface area contributed by atoms with Gasteiger partial charge in [-0.25, -0.2) is 0 Å². The van der Waals surface area contributed by atoms with Gasteiger partial charge in [0, 0.05) is 25.7 Å². The lowest BCUT2D eigenvalue weighted by atomic mass is 9.98. The summed E-state index contributed by atoms with van der Waals surface area (Å²) in [5.41, 5.74) is -0.330. The van der Waals surface area contributed by atoms with E-state index in [9.17, 15) is 14.9 Å². The molecule has 7 heteroatoms. The van der Waals surface area contributed by atoms with Crippen LogP contribution in [0.2, 0.25) is 0 Å². The number of nitro groups is 1. The van der Waals surface area contributed by atoms with E-state index in [1.807, 2.05) is 13.8 Å². The van der Waals surface area contributed by atoms with Crippen LogP contribution in [-0.2, 0) is 0 Å². The Balaban J connectivity index is 2.44. The van der Waals surface area contributed by atoms with Gasteiger partial charge in [-0.1, -0.05) is 6.07 Å². The number of rotatable bonds is 3. The molecular formula is C14H19N3O4. The van der Waals surface area contributed by atoms with Crippen LogP contribution in [0.5, 0.6) is 5.75 Å². The Kier molecular flexibility index (Phi) is 4.13. The van der Waals surface area contributed by atoms with Gasteiger partial charge in [0.25, 0.3) is 5.91 Å². The van der Waals surface area contributed by atoms with Crippen molar-refractivity contribution in [2.75, 3.05) is 26.7 Å². The smallest absolute Gasteiger partial charge is 0.311 e. The minimum atomic E-state index is -0.543. The lowest BCUT2D eigenvalue weighted by Crippen LogP contribution is -2.59. The second-order valence-electron chi connectivity index (χ2n) is 5.56. The van der Waals surface area contributed by atoms with Crippen molar-refractivity contribution in [1.29, 1.82) is 0 Å². The summed E-state index contributed by atoms with van der Waals surface area (Å²) in [6.45, 7) is 5.85. The number of ether oxygens (including phenoxy) is 1. The number of carbonyl (C=O) groups excluding carboxylic acids is 1. The molecule has 1 aliphatic rings. The van der Waals surface area contributed by atoms with E-state index in [-0.39, 0.29) is 28.4 Å². The van der Waals surface area contributed by atoms with Gasteiger partial charge in [0.1, 0.15) is 0 Å². The van der Waals surface area contributed by atoms with E-state index in [1.54, 1.807) is 11.0 Å². The van der Waals surface area contributed by atoms with Crippen LogP contribution in [-0.4, -0.2) is 48.0 Å². The molecule has 114 valence electrons. The second kappa shape index (κ2) is 5.69. The number of nitrogens with one attached hydrogen (secondary N) is 1. The van der Waals surface area contributed by atoms with E-state index in [0.717, 1.165) is 0 Å². The lowest BCUT2D eigenvalue weighted by molar-refractivity contribution is -0.385. The second-order valence-corrected chi connectivity index (χ2v) is 5.56. The summed E-state index contributed by atoms with van der Waals surface area (Å²) in [5.74, 6) is -0.233. The SMILES string of the molecule is COc1c(C(=O)N2CCNCC2(C)C)cccc1[N+](=O)[O-]. The number of hydrogen-bond acceptors (Lipinski definition) is 5. The minimum absolute atomic E-state index is 0.0156. The number of piperazine rings is 1. The number of benzene rings is 1. The summed E-state index contributed by atoms with van der Waals surface area (Å²) < 4.78 is 5.11. The predicted molar refractivity (Wildman–Crippen MR) is 77.6 cm³/mol. The van der Waals surface area contributed by atoms with Crippen molar-refractivity contribution in [3.63, 3.8) is 0 Å². The predicted octanol–water partition coefficient (Wildman–Crippen LogP) is 1.43. The van der Waals surface area contributed by atoms with Gasteiger partial charge >= 0.3 is 5.69 Å². The number of hydrogen-bond donors (Lipinski definition) is 1. The first-order valence-corrected chi connectivity index (χ1v) is 6.72. The van der Waals surface area contributed by atoms with Crippen molar-refractivity contribution in [3.05, 3.63) is 33.9 Å². The molecule has 0 bridgehead atoms. The fourth-order valence-corrected chi connectivity index (χ4v) is 2.56. The van der Waals surface area contributed by atoms with Crippen LogP contribution in [0.1, 0.15) is 24.2 Å². The number of carbonyl (C=O) groups is 1. The lowest BCUT2D eigenvalue weighted by Gasteiger charge is -2.42. The van der Waals surface area contributed by atoms with Crippen LogP contribution >= 0.6 is 0 Å². The molecule has 21 heavy (non-hydrogen) atoms. The van der Waals surface area contributed by atoms with E-state index < -0.39 is 4.92 Å². The van der Waals surface area contributed by atoms with E-state index in [1.165, 1.54) is 19.2 Å². The first-order chi connectivity index (χ1) is 9.88. The highest BCUT2D eigenvalue weighted by Crippen LogP contribution is 2.32. The van der Waals surface area contributed by atoms with Gasteiger partial charge in [-0.05, 0) is 19.9 Å². The van der Waals surface area contributed by atoms with Crippen LogP contribution in [0.3, 0.4) is 0 Å². The molecule has 7 nitrogen and oxygen atoms in total. The average Bonchev–Trinajstić information content (AvgIpc) is 2.45. The quantitative estimate of drug-likeness (QED) is 0.673. The summed E-state index contributed by atoms with van der Waals surface area (Å²) in [6.07, 6.45) is 0. The number of amides is 1. The largest absolute Gasteiger partial charge is 0.490 e. The third-order valence-corrected chi connectivity index (χ3v) is 3.67. The molecule has 2 rings (SSSR count). The van der Waals surface area contributed by atoms with Crippen LogP contribution in [0.25, 0.3) is 0 Å². The topological polar surface area (TPSA) is 84.7 Å². The Labute approximate surface area is 123 Å². The van der Waals surface area contributed by atoms with Gasteiger partial charge in [0.15, 0.2) is 0 Å². The van der Waals surface area contributed by atoms with Gasteiger partial charge < -0.3 is 15.0 Å². The Morgan fingerprint density at radius 1 is 1.48 bits per heavy atom. The zero-order chi connectivity index (χ0) is 15.6. The number of nitro benzene ring substituents is 1. The highest BCUT2D eigenvalue weighted by Gasteiger charge is 2.36. The van der Waals surface area contributed by atoms with Gasteiger partial charge in [0.2, 0.25) is 5.75 Å². The Hall–Kier alpha value is -2.15. The summed E-state index contributed by atoms with van der Waals surface area (Å²) in [5, 5.41) is 14.3. The molecule has 1 aliphatic heterocycles. The van der Waals surface area contributed by atoms with Crippen molar-refractivity contribution < 1.29 is 14.5 Å². The normalized spacial score (nSPS) is 17.4. The molecule has 1 aromatic carbocycles. The summed E-state index contributed by atoms with van der Waals surface area (Å²) in [6, 6.07) is 4.40. The number of nitrogens with zero attached hydrogens (tertiary/aromatic N) is 2. The molecule has 0 aromatic heterocycles. The fourth-order valence-electron chi connectivity index (χ4n) is 2.56. The highest BCUT2D eigenvalue weighted by molar-refractivity contribution is 5.98. The summed E-state index contributed by atoms with van der Waals surface area (Å²) >= 11 is 0. The first kappa shape index (κ1) is 15.2.